The van der Waals surface area contributed by atoms with Crippen LogP contribution in [0.5, 0.6) is 0 Å². The summed E-state index contributed by atoms with van der Waals surface area (Å²) < 4.78 is 10.6. The number of Topliss-reactive ketones (excluding diaryl/α,β-unsaturated/α-hetero) is 1. The predicted octanol–water partition coefficient (Wildman–Crippen LogP) is 4.05. The molecule has 0 radical (unpaired) electrons. The molecule has 1 saturated heterocycles. The summed E-state index contributed by atoms with van der Waals surface area (Å²) in [5, 5.41) is 3.02. The minimum atomic E-state index is -0.629. The average molecular weight is 326 g/mol. The van der Waals surface area contributed by atoms with E-state index in [1.165, 1.54) is 6.07 Å². The van der Waals surface area contributed by atoms with E-state index in [9.17, 15) is 9.59 Å². The van der Waals surface area contributed by atoms with Crippen molar-refractivity contribution in [1.82, 2.24) is 0 Å². The number of carbonyl (C=O) groups excluding carboxylic acids is 2. The molecule has 6 heteroatoms. The van der Waals surface area contributed by atoms with E-state index in [0.29, 0.717) is 29.3 Å². The van der Waals surface area contributed by atoms with Gasteiger partial charge in [-0.2, -0.15) is 0 Å². The second kappa shape index (κ2) is 6.67. The molecule has 1 aromatic rings. The Kier molecular flexibility index (Phi) is 5.08. The van der Waals surface area contributed by atoms with Gasteiger partial charge in [0, 0.05) is 17.2 Å². The molecule has 0 aromatic heterocycles. The van der Waals surface area contributed by atoms with E-state index in [2.05, 4.69) is 5.32 Å². The Morgan fingerprint density at radius 1 is 1.36 bits per heavy atom. The quantitative estimate of drug-likeness (QED) is 0.851. The van der Waals surface area contributed by atoms with Crippen molar-refractivity contribution in [2.45, 2.75) is 45.3 Å². The van der Waals surface area contributed by atoms with Crippen molar-refractivity contribution in [3.8, 4) is 0 Å². The number of hydrogen-bond donors (Lipinski definition) is 1. The number of amides is 1. The maximum atomic E-state index is 12.5. The lowest BCUT2D eigenvalue weighted by molar-refractivity contribution is 0.0634. The van der Waals surface area contributed by atoms with Crippen LogP contribution in [0.15, 0.2) is 18.2 Å². The van der Waals surface area contributed by atoms with Crippen LogP contribution in [0, 0.1) is 0 Å². The van der Waals surface area contributed by atoms with Crippen molar-refractivity contribution in [3.05, 3.63) is 28.8 Å². The number of halogens is 1. The van der Waals surface area contributed by atoms with Gasteiger partial charge in [-0.1, -0.05) is 11.6 Å². The van der Waals surface area contributed by atoms with E-state index in [-0.39, 0.29) is 5.78 Å². The van der Waals surface area contributed by atoms with Crippen LogP contribution in [0.25, 0.3) is 0 Å². The van der Waals surface area contributed by atoms with Crippen LogP contribution in [0.2, 0.25) is 5.02 Å². The lowest BCUT2D eigenvalue weighted by Gasteiger charge is -2.20. The van der Waals surface area contributed by atoms with E-state index in [1.54, 1.807) is 32.9 Å². The standard InChI is InChI=1S/C16H20ClNO4/c1-16(2,3)22-15(20)18-12-9-10(17)6-7-11(12)14(19)13-5-4-8-21-13/h6-7,9,13H,4-5,8H2,1-3H3,(H,18,20)/t13-/m0/s1. The Labute approximate surface area is 134 Å². The van der Waals surface area contributed by atoms with Gasteiger partial charge in [-0.05, 0) is 51.8 Å². The van der Waals surface area contributed by atoms with E-state index in [1.807, 2.05) is 0 Å². The summed E-state index contributed by atoms with van der Waals surface area (Å²) in [6.07, 6.45) is 0.461. The molecule has 0 bridgehead atoms. The van der Waals surface area contributed by atoms with Gasteiger partial charge in [-0.15, -0.1) is 0 Å². The molecule has 1 heterocycles. The van der Waals surface area contributed by atoms with Crippen molar-refractivity contribution in [3.63, 3.8) is 0 Å². The van der Waals surface area contributed by atoms with Crippen molar-refractivity contribution in [2.24, 2.45) is 0 Å². The smallest absolute Gasteiger partial charge is 0.412 e. The van der Waals surface area contributed by atoms with Gasteiger partial charge in [0.25, 0.3) is 0 Å². The maximum Gasteiger partial charge on any atom is 0.412 e. The predicted molar refractivity (Wildman–Crippen MR) is 84.6 cm³/mol. The number of ketones is 1. The van der Waals surface area contributed by atoms with Crippen molar-refractivity contribution >= 4 is 29.2 Å². The molecular formula is C16H20ClNO4. The third-order valence-electron chi connectivity index (χ3n) is 3.10. The van der Waals surface area contributed by atoms with Gasteiger partial charge in [-0.25, -0.2) is 4.79 Å². The molecule has 22 heavy (non-hydrogen) atoms. The van der Waals surface area contributed by atoms with Gasteiger partial charge < -0.3 is 9.47 Å². The summed E-state index contributed by atoms with van der Waals surface area (Å²) >= 11 is 5.96. The SMILES string of the molecule is CC(C)(C)OC(=O)Nc1cc(Cl)ccc1C(=O)[C@@H]1CCCO1. The van der Waals surface area contributed by atoms with Gasteiger partial charge in [0.1, 0.15) is 11.7 Å². The highest BCUT2D eigenvalue weighted by molar-refractivity contribution is 6.31. The normalized spacial score (nSPS) is 18.1. The zero-order valence-corrected chi connectivity index (χ0v) is 13.7. The van der Waals surface area contributed by atoms with Crippen LogP contribution >= 0.6 is 11.6 Å². The molecular weight excluding hydrogens is 306 g/mol. The zero-order valence-electron chi connectivity index (χ0n) is 12.9. The zero-order chi connectivity index (χ0) is 16.3. The Morgan fingerprint density at radius 3 is 2.68 bits per heavy atom. The number of hydrogen-bond acceptors (Lipinski definition) is 4. The third kappa shape index (κ3) is 4.45. The van der Waals surface area contributed by atoms with Gasteiger partial charge >= 0.3 is 6.09 Å². The summed E-state index contributed by atoms with van der Waals surface area (Å²) in [5.41, 5.74) is 0.0888. The molecule has 120 valence electrons. The van der Waals surface area contributed by atoms with Crippen LogP contribution in [-0.4, -0.2) is 30.2 Å². The number of nitrogens with one attached hydrogen (secondary N) is 1. The number of ether oxygens (including phenoxy) is 2. The minimum Gasteiger partial charge on any atom is -0.444 e. The summed E-state index contributed by atoms with van der Waals surface area (Å²) in [5.74, 6) is -0.153. The minimum absolute atomic E-state index is 0.153. The van der Waals surface area contributed by atoms with Gasteiger partial charge in [0.2, 0.25) is 0 Å². The molecule has 0 saturated carbocycles. The molecule has 1 atom stereocenters. The van der Waals surface area contributed by atoms with E-state index in [4.69, 9.17) is 21.1 Å². The molecule has 1 amide bonds. The van der Waals surface area contributed by atoms with E-state index >= 15 is 0 Å². The van der Waals surface area contributed by atoms with Crippen molar-refractivity contribution in [2.75, 3.05) is 11.9 Å². The van der Waals surface area contributed by atoms with Crippen molar-refractivity contribution < 1.29 is 19.1 Å². The fourth-order valence-electron chi connectivity index (χ4n) is 2.21. The first-order chi connectivity index (χ1) is 10.3. The monoisotopic (exact) mass is 325 g/mol. The molecule has 0 spiro atoms. The molecule has 2 rings (SSSR count). The van der Waals surface area contributed by atoms with Crippen LogP contribution in [0.3, 0.4) is 0 Å². The lowest BCUT2D eigenvalue weighted by Crippen LogP contribution is -2.28. The number of anilines is 1. The summed E-state index contributed by atoms with van der Waals surface area (Å²) in [4.78, 5) is 24.4. The largest absolute Gasteiger partial charge is 0.444 e. The molecule has 1 aliphatic rings. The first-order valence-electron chi connectivity index (χ1n) is 7.21. The average Bonchev–Trinajstić information content (AvgIpc) is 2.89. The summed E-state index contributed by atoms with van der Waals surface area (Å²) in [6.45, 7) is 5.88. The Balaban J connectivity index is 2.20. The van der Waals surface area contributed by atoms with E-state index < -0.39 is 17.8 Å². The Hall–Kier alpha value is -1.59. The van der Waals surface area contributed by atoms with Crippen LogP contribution in [0.4, 0.5) is 10.5 Å². The highest BCUT2D eigenvalue weighted by atomic mass is 35.5. The number of rotatable bonds is 3. The fraction of sp³-hybridized carbons (Fsp3) is 0.500. The number of benzene rings is 1. The highest BCUT2D eigenvalue weighted by Crippen LogP contribution is 2.26. The molecule has 1 aromatic carbocycles. The van der Waals surface area contributed by atoms with Gasteiger partial charge in [0.05, 0.1) is 5.69 Å². The second-order valence-corrected chi connectivity index (χ2v) is 6.62. The second-order valence-electron chi connectivity index (χ2n) is 6.18. The van der Waals surface area contributed by atoms with Gasteiger partial charge in [-0.3, -0.25) is 10.1 Å². The Bertz CT molecular complexity index is 574. The molecule has 1 N–H and O–H groups in total. The van der Waals surface area contributed by atoms with Gasteiger partial charge in [0.15, 0.2) is 5.78 Å². The van der Waals surface area contributed by atoms with Crippen molar-refractivity contribution in [1.29, 1.82) is 0 Å². The number of carbonyl (C=O) groups is 2. The molecule has 0 aliphatic carbocycles. The Morgan fingerprint density at radius 2 is 2.09 bits per heavy atom. The maximum absolute atomic E-state index is 12.5. The summed E-state index contributed by atoms with van der Waals surface area (Å²) in [6, 6.07) is 4.75. The first kappa shape index (κ1) is 16.8. The van der Waals surface area contributed by atoms with E-state index in [0.717, 1.165) is 6.42 Å². The van der Waals surface area contributed by atoms with Crippen LogP contribution in [-0.2, 0) is 9.47 Å². The highest BCUT2D eigenvalue weighted by Gasteiger charge is 2.27. The third-order valence-corrected chi connectivity index (χ3v) is 3.34. The van der Waals surface area contributed by atoms with Crippen LogP contribution in [0.1, 0.15) is 44.0 Å². The molecule has 1 aliphatic heterocycles. The molecule has 5 nitrogen and oxygen atoms in total. The first-order valence-corrected chi connectivity index (χ1v) is 7.59. The molecule has 0 unspecified atom stereocenters. The lowest BCUT2D eigenvalue weighted by atomic mass is 10.0. The molecule has 1 fully saturated rings. The van der Waals surface area contributed by atoms with Crippen LogP contribution < -0.4 is 5.32 Å². The topological polar surface area (TPSA) is 64.6 Å². The summed E-state index contributed by atoms with van der Waals surface area (Å²) in [7, 11) is 0. The fourth-order valence-corrected chi connectivity index (χ4v) is 2.38.